The number of ether oxygens (including phenoxy) is 1. The number of rotatable bonds is 2. The van der Waals surface area contributed by atoms with E-state index in [9.17, 15) is 9.59 Å². The van der Waals surface area contributed by atoms with E-state index in [2.05, 4.69) is 10.6 Å². The summed E-state index contributed by atoms with van der Waals surface area (Å²) < 4.78 is 6.04. The number of para-hydroxylation sites is 1. The van der Waals surface area contributed by atoms with E-state index in [-0.39, 0.29) is 18.6 Å². The third-order valence-corrected chi connectivity index (χ3v) is 4.17. The van der Waals surface area contributed by atoms with Crippen LogP contribution in [0.25, 0.3) is 11.3 Å². The summed E-state index contributed by atoms with van der Waals surface area (Å²) in [5, 5.41) is 5.41. The smallest absolute Gasteiger partial charge is 0.312 e. The second-order valence-electron chi connectivity index (χ2n) is 5.64. The van der Waals surface area contributed by atoms with E-state index in [1.807, 2.05) is 48.5 Å². The summed E-state index contributed by atoms with van der Waals surface area (Å²) in [5.74, 6) is 0.342. The van der Waals surface area contributed by atoms with E-state index >= 15 is 0 Å². The van der Waals surface area contributed by atoms with Gasteiger partial charge >= 0.3 is 6.03 Å². The summed E-state index contributed by atoms with van der Waals surface area (Å²) in [6.45, 7) is 0.242. The fourth-order valence-corrected chi connectivity index (χ4v) is 3.13. The third-order valence-electron chi connectivity index (χ3n) is 4.17. The maximum atomic E-state index is 12.5. The molecule has 2 aromatic rings. The number of anilines is 1. The Morgan fingerprint density at radius 1 is 1.12 bits per heavy atom. The highest BCUT2D eigenvalue weighted by Gasteiger charge is 2.35. The molecule has 0 fully saturated rings. The highest BCUT2D eigenvalue weighted by molar-refractivity contribution is 6.36. The molecule has 0 saturated carbocycles. The summed E-state index contributed by atoms with van der Waals surface area (Å²) >= 11 is 0. The number of primary amides is 1. The van der Waals surface area contributed by atoms with Gasteiger partial charge in [0, 0.05) is 22.4 Å². The summed E-state index contributed by atoms with van der Waals surface area (Å²) in [6, 6.07) is 14.5. The Morgan fingerprint density at radius 2 is 1.83 bits per heavy atom. The number of hydrogen-bond acceptors (Lipinski definition) is 3. The molecule has 4 N–H and O–H groups in total. The lowest BCUT2D eigenvalue weighted by Crippen LogP contribution is -2.32. The van der Waals surface area contributed by atoms with Crippen LogP contribution in [0, 0.1) is 0 Å². The van der Waals surface area contributed by atoms with Crippen LogP contribution >= 0.6 is 0 Å². The van der Waals surface area contributed by atoms with Crippen molar-refractivity contribution in [1.29, 1.82) is 0 Å². The zero-order chi connectivity index (χ0) is 16.7. The van der Waals surface area contributed by atoms with Gasteiger partial charge in [0.15, 0.2) is 0 Å². The van der Waals surface area contributed by atoms with Gasteiger partial charge in [-0.15, -0.1) is 0 Å². The molecule has 0 spiro atoms. The highest BCUT2D eigenvalue weighted by atomic mass is 16.5. The van der Waals surface area contributed by atoms with Crippen molar-refractivity contribution in [2.24, 2.45) is 5.73 Å². The minimum Gasteiger partial charge on any atom is -0.482 e. The van der Waals surface area contributed by atoms with Gasteiger partial charge in [-0.1, -0.05) is 42.5 Å². The molecule has 24 heavy (non-hydrogen) atoms. The Balaban J connectivity index is 1.82. The lowest BCUT2D eigenvalue weighted by atomic mass is 9.99. The van der Waals surface area contributed by atoms with Crippen molar-refractivity contribution >= 4 is 29.0 Å². The average Bonchev–Trinajstić information content (AvgIpc) is 3.09. The Labute approximate surface area is 138 Å². The van der Waals surface area contributed by atoms with Crippen LogP contribution in [0.1, 0.15) is 22.8 Å². The maximum Gasteiger partial charge on any atom is 0.312 e. The molecule has 2 aliphatic heterocycles. The lowest BCUT2D eigenvalue weighted by Gasteiger charge is -2.12. The van der Waals surface area contributed by atoms with Gasteiger partial charge in [0.2, 0.25) is 0 Å². The number of carbonyl (C=O) groups is 2. The van der Waals surface area contributed by atoms with Gasteiger partial charge < -0.3 is 21.1 Å². The van der Waals surface area contributed by atoms with Crippen LogP contribution in [-0.4, -0.2) is 18.5 Å². The highest BCUT2D eigenvalue weighted by Crippen LogP contribution is 2.45. The van der Waals surface area contributed by atoms with Crippen molar-refractivity contribution < 1.29 is 14.3 Å². The van der Waals surface area contributed by atoms with E-state index in [0.29, 0.717) is 11.3 Å². The second-order valence-corrected chi connectivity index (χ2v) is 5.64. The van der Waals surface area contributed by atoms with Crippen LogP contribution in [0.15, 0.2) is 48.5 Å². The predicted molar refractivity (Wildman–Crippen MR) is 89.7 cm³/mol. The van der Waals surface area contributed by atoms with Crippen molar-refractivity contribution in [3.8, 4) is 0 Å². The normalized spacial score (nSPS) is 20.8. The van der Waals surface area contributed by atoms with E-state index in [0.717, 1.165) is 22.4 Å². The van der Waals surface area contributed by atoms with E-state index in [1.165, 1.54) is 0 Å². The molecule has 0 aromatic heterocycles. The Kier molecular flexibility index (Phi) is 3.23. The molecular weight excluding hydrogens is 306 g/mol. The fourth-order valence-electron chi connectivity index (χ4n) is 3.13. The van der Waals surface area contributed by atoms with Gasteiger partial charge in [0.05, 0.1) is 12.1 Å². The largest absolute Gasteiger partial charge is 0.482 e. The number of hydrogen-bond donors (Lipinski definition) is 3. The summed E-state index contributed by atoms with van der Waals surface area (Å²) in [6.07, 6.45) is -0.378. The number of nitrogens with two attached hydrogens (primary N) is 1. The van der Waals surface area contributed by atoms with Crippen LogP contribution in [0.4, 0.5) is 10.5 Å². The van der Waals surface area contributed by atoms with Gasteiger partial charge in [-0.05, 0) is 6.07 Å². The second kappa shape index (κ2) is 5.42. The van der Waals surface area contributed by atoms with Crippen molar-refractivity contribution in [3.05, 3.63) is 65.2 Å². The molecule has 1 unspecified atom stereocenters. The molecular formula is C18H15N3O3. The quantitative estimate of drug-likeness (QED) is 0.741. The van der Waals surface area contributed by atoms with E-state index in [4.69, 9.17) is 10.5 Å². The van der Waals surface area contributed by atoms with Crippen molar-refractivity contribution in [3.63, 3.8) is 0 Å². The molecule has 4 rings (SSSR count). The molecule has 6 heteroatoms. The number of amides is 3. The standard InChI is InChI=1S/C18H15N3O3/c19-18(23)20-9-14-10-5-1-2-6-11(10)16(24-14)15-12-7-3-4-8-13(12)21-17(15)22/h1-8,14H,9H2,(H,21,22)(H3,19,20,23)/b16-15-. The lowest BCUT2D eigenvalue weighted by molar-refractivity contribution is -0.110. The first-order chi connectivity index (χ1) is 11.6. The fraction of sp³-hybridized carbons (Fsp3) is 0.111. The molecule has 3 amide bonds. The van der Waals surface area contributed by atoms with Crippen LogP contribution in [0.2, 0.25) is 0 Å². The van der Waals surface area contributed by atoms with Gasteiger partial charge in [-0.2, -0.15) is 0 Å². The van der Waals surface area contributed by atoms with Crippen LogP contribution in [0.5, 0.6) is 0 Å². The first kappa shape index (κ1) is 14.3. The van der Waals surface area contributed by atoms with Crippen LogP contribution in [0.3, 0.4) is 0 Å². The third kappa shape index (κ3) is 2.20. The minimum absolute atomic E-state index is 0.190. The zero-order valence-corrected chi connectivity index (χ0v) is 12.7. The molecule has 2 heterocycles. The molecule has 2 aromatic carbocycles. The molecule has 2 aliphatic rings. The molecule has 1 atom stereocenters. The SMILES string of the molecule is NC(=O)NCC1O/C(=C2\C(=O)Nc3ccccc32)c2ccccc21. The van der Waals surface area contributed by atoms with Gasteiger partial charge in [0.1, 0.15) is 11.9 Å². The van der Waals surface area contributed by atoms with Crippen molar-refractivity contribution in [1.82, 2.24) is 5.32 Å². The number of carbonyl (C=O) groups excluding carboxylic acids is 2. The summed E-state index contributed by atoms with van der Waals surface area (Å²) in [4.78, 5) is 23.5. The van der Waals surface area contributed by atoms with Crippen LogP contribution in [-0.2, 0) is 9.53 Å². The molecule has 0 aliphatic carbocycles. The first-order valence-electron chi connectivity index (χ1n) is 7.59. The number of fused-ring (bicyclic) bond motifs is 2. The minimum atomic E-state index is -0.610. The molecule has 0 bridgehead atoms. The zero-order valence-electron chi connectivity index (χ0n) is 12.7. The Morgan fingerprint density at radius 3 is 2.62 bits per heavy atom. The number of nitrogens with one attached hydrogen (secondary N) is 2. The number of urea groups is 1. The average molecular weight is 321 g/mol. The van der Waals surface area contributed by atoms with E-state index in [1.54, 1.807) is 0 Å². The van der Waals surface area contributed by atoms with Gasteiger partial charge in [0.25, 0.3) is 5.91 Å². The molecule has 6 nitrogen and oxygen atoms in total. The molecule has 120 valence electrons. The summed E-state index contributed by atoms with van der Waals surface area (Å²) in [7, 11) is 0. The number of benzene rings is 2. The predicted octanol–water partition coefficient (Wildman–Crippen LogP) is 2.25. The van der Waals surface area contributed by atoms with Crippen LogP contribution < -0.4 is 16.4 Å². The van der Waals surface area contributed by atoms with Gasteiger partial charge in [-0.25, -0.2) is 4.79 Å². The summed E-state index contributed by atoms with van der Waals surface area (Å²) in [5.41, 5.74) is 9.03. The molecule has 0 radical (unpaired) electrons. The Hall–Kier alpha value is -3.28. The van der Waals surface area contributed by atoms with Crippen molar-refractivity contribution in [2.75, 3.05) is 11.9 Å². The monoisotopic (exact) mass is 321 g/mol. The molecule has 0 saturated heterocycles. The topological polar surface area (TPSA) is 93.5 Å². The maximum absolute atomic E-state index is 12.5. The first-order valence-corrected chi connectivity index (χ1v) is 7.59. The van der Waals surface area contributed by atoms with Crippen molar-refractivity contribution in [2.45, 2.75) is 6.10 Å². The Bertz CT molecular complexity index is 889. The van der Waals surface area contributed by atoms with E-state index < -0.39 is 6.03 Å². The van der Waals surface area contributed by atoms with Gasteiger partial charge in [-0.3, -0.25) is 4.79 Å².